The molecule has 2 rings (SSSR count). The number of aryl methyl sites for hydroxylation is 1. The molecule has 0 fully saturated rings. The third-order valence-corrected chi connectivity index (χ3v) is 4.51. The van der Waals surface area contributed by atoms with E-state index in [1.165, 1.54) is 5.56 Å². The number of aromatic nitrogens is 2. The van der Waals surface area contributed by atoms with Gasteiger partial charge in [-0.1, -0.05) is 37.3 Å². The van der Waals surface area contributed by atoms with Gasteiger partial charge in [0.2, 0.25) is 0 Å². The lowest BCUT2D eigenvalue weighted by atomic mass is 10.0. The summed E-state index contributed by atoms with van der Waals surface area (Å²) in [4.78, 5) is 0. The molecule has 0 saturated heterocycles. The maximum Gasteiger partial charge on any atom is 0.135 e. The largest absolute Gasteiger partial charge is 0.383 e. The van der Waals surface area contributed by atoms with Gasteiger partial charge in [-0.25, -0.2) is 4.68 Å². The van der Waals surface area contributed by atoms with Gasteiger partial charge in [-0.05, 0) is 47.9 Å². The summed E-state index contributed by atoms with van der Waals surface area (Å²) >= 11 is 2.26. The molecule has 2 N–H and O–H groups in total. The molecule has 18 heavy (non-hydrogen) atoms. The SMILES string of the molecule is CCC(Cc1ccccc1)n1nc(C)c(I)c1N. The Hall–Kier alpha value is -1.04. The number of halogens is 1. The standard InChI is InChI=1S/C14H18IN3/c1-3-12(9-11-7-5-4-6-8-11)18-14(16)13(15)10(2)17-18/h4-8,12H,3,9,16H2,1-2H3. The third kappa shape index (κ3) is 2.68. The maximum atomic E-state index is 6.13. The summed E-state index contributed by atoms with van der Waals surface area (Å²) < 4.78 is 3.04. The first-order valence-electron chi connectivity index (χ1n) is 6.17. The number of rotatable bonds is 4. The zero-order valence-corrected chi connectivity index (χ0v) is 12.9. The van der Waals surface area contributed by atoms with Crippen molar-refractivity contribution in [2.45, 2.75) is 32.7 Å². The van der Waals surface area contributed by atoms with Crippen molar-refractivity contribution in [2.24, 2.45) is 0 Å². The van der Waals surface area contributed by atoms with E-state index in [1.807, 2.05) is 17.7 Å². The zero-order chi connectivity index (χ0) is 13.1. The van der Waals surface area contributed by atoms with Gasteiger partial charge in [0.05, 0.1) is 15.3 Å². The van der Waals surface area contributed by atoms with Crippen LogP contribution in [0.2, 0.25) is 0 Å². The molecule has 0 amide bonds. The molecule has 2 aromatic rings. The number of hydrogen-bond donors (Lipinski definition) is 1. The monoisotopic (exact) mass is 355 g/mol. The van der Waals surface area contributed by atoms with E-state index in [4.69, 9.17) is 5.73 Å². The average Bonchev–Trinajstić information content (AvgIpc) is 2.65. The van der Waals surface area contributed by atoms with E-state index in [-0.39, 0.29) is 0 Å². The van der Waals surface area contributed by atoms with Crippen molar-refractivity contribution < 1.29 is 0 Å². The highest BCUT2D eigenvalue weighted by atomic mass is 127. The van der Waals surface area contributed by atoms with Crippen molar-refractivity contribution in [1.82, 2.24) is 9.78 Å². The first-order chi connectivity index (χ1) is 8.63. The zero-order valence-electron chi connectivity index (χ0n) is 10.7. The third-order valence-electron chi connectivity index (χ3n) is 3.18. The molecule has 0 saturated carbocycles. The molecule has 1 aromatic heterocycles. The van der Waals surface area contributed by atoms with Gasteiger partial charge in [-0.2, -0.15) is 5.10 Å². The van der Waals surface area contributed by atoms with Crippen molar-refractivity contribution >= 4 is 28.4 Å². The molecule has 3 nitrogen and oxygen atoms in total. The summed E-state index contributed by atoms with van der Waals surface area (Å²) in [6.45, 7) is 4.18. The van der Waals surface area contributed by atoms with Crippen LogP contribution in [0.15, 0.2) is 30.3 Å². The minimum absolute atomic E-state index is 0.328. The summed E-state index contributed by atoms with van der Waals surface area (Å²) in [7, 11) is 0. The minimum Gasteiger partial charge on any atom is -0.383 e. The molecule has 0 spiro atoms. The second-order valence-corrected chi connectivity index (χ2v) is 5.56. The van der Waals surface area contributed by atoms with E-state index in [9.17, 15) is 0 Å². The van der Waals surface area contributed by atoms with Crippen LogP contribution in [0.1, 0.15) is 30.6 Å². The fourth-order valence-corrected chi connectivity index (χ4v) is 2.47. The van der Waals surface area contributed by atoms with Gasteiger partial charge in [0.1, 0.15) is 5.82 Å². The van der Waals surface area contributed by atoms with Gasteiger partial charge >= 0.3 is 0 Å². The van der Waals surface area contributed by atoms with Crippen LogP contribution in [0.5, 0.6) is 0 Å². The lowest BCUT2D eigenvalue weighted by Crippen LogP contribution is -2.15. The second-order valence-electron chi connectivity index (χ2n) is 4.48. The van der Waals surface area contributed by atoms with E-state index in [1.54, 1.807) is 0 Å². The summed E-state index contributed by atoms with van der Waals surface area (Å²) in [5.41, 5.74) is 8.47. The Bertz CT molecular complexity index is 519. The number of nitrogens with zero attached hydrogens (tertiary/aromatic N) is 2. The molecule has 0 aliphatic carbocycles. The second kappa shape index (κ2) is 5.73. The highest BCUT2D eigenvalue weighted by Gasteiger charge is 2.17. The molecule has 1 aromatic carbocycles. The van der Waals surface area contributed by atoms with E-state index in [0.29, 0.717) is 6.04 Å². The van der Waals surface area contributed by atoms with Gasteiger partial charge in [0, 0.05) is 0 Å². The summed E-state index contributed by atoms with van der Waals surface area (Å²) in [6.07, 6.45) is 2.00. The number of nitrogens with two attached hydrogens (primary N) is 1. The fraction of sp³-hybridized carbons (Fsp3) is 0.357. The van der Waals surface area contributed by atoms with Crippen LogP contribution in [0.3, 0.4) is 0 Å². The van der Waals surface area contributed by atoms with Crippen LogP contribution in [0, 0.1) is 10.5 Å². The Morgan fingerprint density at radius 2 is 2.00 bits per heavy atom. The van der Waals surface area contributed by atoms with Crippen LogP contribution in [0.4, 0.5) is 5.82 Å². The first kappa shape index (κ1) is 13.4. The van der Waals surface area contributed by atoms with E-state index in [0.717, 1.165) is 27.9 Å². The number of nitrogen functional groups attached to an aromatic ring is 1. The minimum atomic E-state index is 0.328. The molecular formula is C14H18IN3. The summed E-state index contributed by atoms with van der Waals surface area (Å²) in [6, 6.07) is 10.8. The van der Waals surface area contributed by atoms with E-state index >= 15 is 0 Å². The van der Waals surface area contributed by atoms with Crippen LogP contribution in [0.25, 0.3) is 0 Å². The van der Waals surface area contributed by atoms with Crippen LogP contribution < -0.4 is 5.73 Å². The molecule has 4 heteroatoms. The predicted octanol–water partition coefficient (Wildman–Crippen LogP) is 3.57. The molecule has 1 atom stereocenters. The van der Waals surface area contributed by atoms with Crippen molar-refractivity contribution in [3.05, 3.63) is 45.2 Å². The number of anilines is 1. The molecule has 1 heterocycles. The van der Waals surface area contributed by atoms with E-state index < -0.39 is 0 Å². The van der Waals surface area contributed by atoms with Crippen molar-refractivity contribution in [2.75, 3.05) is 5.73 Å². The Balaban J connectivity index is 2.26. The Labute approximate surface area is 122 Å². The molecule has 0 radical (unpaired) electrons. The molecule has 1 unspecified atom stereocenters. The van der Waals surface area contributed by atoms with Crippen LogP contribution >= 0.6 is 22.6 Å². The number of benzene rings is 1. The van der Waals surface area contributed by atoms with Gasteiger partial charge in [-0.15, -0.1) is 0 Å². The van der Waals surface area contributed by atoms with E-state index in [2.05, 4.69) is 58.9 Å². The normalized spacial score (nSPS) is 12.6. The maximum absolute atomic E-state index is 6.13. The topological polar surface area (TPSA) is 43.8 Å². The average molecular weight is 355 g/mol. The van der Waals surface area contributed by atoms with Crippen molar-refractivity contribution in [3.8, 4) is 0 Å². The van der Waals surface area contributed by atoms with Crippen molar-refractivity contribution in [3.63, 3.8) is 0 Å². The highest BCUT2D eigenvalue weighted by molar-refractivity contribution is 14.1. The molecule has 0 aliphatic rings. The van der Waals surface area contributed by atoms with Gasteiger partial charge < -0.3 is 5.73 Å². The predicted molar refractivity (Wildman–Crippen MR) is 83.6 cm³/mol. The molecule has 96 valence electrons. The Morgan fingerprint density at radius 3 is 2.50 bits per heavy atom. The highest BCUT2D eigenvalue weighted by Crippen LogP contribution is 2.25. The van der Waals surface area contributed by atoms with Gasteiger partial charge in [-0.3, -0.25) is 0 Å². The Kier molecular flexibility index (Phi) is 4.27. The molecule has 0 aliphatic heterocycles. The fourth-order valence-electron chi connectivity index (χ4n) is 2.11. The van der Waals surface area contributed by atoms with Gasteiger partial charge in [0.15, 0.2) is 0 Å². The number of hydrogen-bond acceptors (Lipinski definition) is 2. The summed E-state index contributed by atoms with van der Waals surface area (Å²) in [5, 5.41) is 4.56. The lowest BCUT2D eigenvalue weighted by molar-refractivity contribution is 0.442. The van der Waals surface area contributed by atoms with Gasteiger partial charge in [0.25, 0.3) is 0 Å². The van der Waals surface area contributed by atoms with Crippen LogP contribution in [-0.4, -0.2) is 9.78 Å². The first-order valence-corrected chi connectivity index (χ1v) is 7.25. The van der Waals surface area contributed by atoms with Crippen LogP contribution in [-0.2, 0) is 6.42 Å². The Morgan fingerprint density at radius 1 is 1.33 bits per heavy atom. The molecular weight excluding hydrogens is 337 g/mol. The quantitative estimate of drug-likeness (QED) is 0.853. The lowest BCUT2D eigenvalue weighted by Gasteiger charge is -2.17. The molecule has 0 bridgehead atoms. The summed E-state index contributed by atoms with van der Waals surface area (Å²) in [5.74, 6) is 0.788. The smallest absolute Gasteiger partial charge is 0.135 e. The van der Waals surface area contributed by atoms with Crippen molar-refractivity contribution in [1.29, 1.82) is 0 Å².